The van der Waals surface area contributed by atoms with E-state index in [0.29, 0.717) is 10.6 Å². The molecule has 1 heterocycles. The maximum atomic E-state index is 11.0. The number of amides is 1. The first-order valence-electron chi connectivity index (χ1n) is 3.68. The second-order valence-corrected chi connectivity index (χ2v) is 3.62. The molecule has 0 unspecified atom stereocenters. The lowest BCUT2D eigenvalue weighted by Crippen LogP contribution is -2.32. The van der Waals surface area contributed by atoms with E-state index >= 15 is 0 Å². The lowest BCUT2D eigenvalue weighted by atomic mass is 10.0. The fourth-order valence-electron chi connectivity index (χ4n) is 1.12. The first-order chi connectivity index (χ1) is 6.18. The Hall–Kier alpha value is -1.13. The highest BCUT2D eigenvalue weighted by Gasteiger charge is 2.26. The zero-order chi connectivity index (χ0) is 9.42. The molecule has 0 aliphatic carbocycles. The highest BCUT2D eigenvalue weighted by atomic mass is 79.9. The molecule has 0 saturated heterocycles. The van der Waals surface area contributed by atoms with Crippen molar-refractivity contribution in [2.45, 2.75) is 0 Å². The Morgan fingerprint density at radius 2 is 1.85 bits per heavy atom. The summed E-state index contributed by atoms with van der Waals surface area (Å²) in [6.45, 7) is 0. The number of halogens is 1. The molecule has 13 heavy (non-hydrogen) atoms. The lowest BCUT2D eigenvalue weighted by molar-refractivity contribution is -0.151. The third-order valence-electron chi connectivity index (χ3n) is 1.85. The van der Waals surface area contributed by atoms with Crippen molar-refractivity contribution in [2.75, 3.05) is 0 Å². The van der Waals surface area contributed by atoms with Gasteiger partial charge in [0, 0.05) is 4.47 Å². The van der Waals surface area contributed by atoms with E-state index in [9.17, 15) is 4.79 Å². The summed E-state index contributed by atoms with van der Waals surface area (Å²) in [5.74, 6) is -0.359. The summed E-state index contributed by atoms with van der Waals surface area (Å²) in [6.07, 6.45) is 1.39. The van der Waals surface area contributed by atoms with Crippen molar-refractivity contribution in [1.29, 1.82) is 0 Å². The summed E-state index contributed by atoms with van der Waals surface area (Å²) in [6, 6.07) is 7.34. The first kappa shape index (κ1) is 8.47. The molecule has 0 saturated carbocycles. The fourth-order valence-corrected chi connectivity index (χ4v) is 1.39. The van der Waals surface area contributed by atoms with Gasteiger partial charge in [-0.2, -0.15) is 5.06 Å². The van der Waals surface area contributed by atoms with Gasteiger partial charge in [-0.15, -0.1) is 0 Å². The smallest absolute Gasteiger partial charge is 0.281 e. The minimum Gasteiger partial charge on any atom is -0.281 e. The van der Waals surface area contributed by atoms with Crippen molar-refractivity contribution in [2.24, 2.45) is 0 Å². The van der Waals surface area contributed by atoms with Gasteiger partial charge in [0.15, 0.2) is 0 Å². The van der Waals surface area contributed by atoms with Gasteiger partial charge in [-0.1, -0.05) is 28.1 Å². The number of carbonyl (C=O) groups excluding carboxylic acids is 1. The zero-order valence-electron chi connectivity index (χ0n) is 6.57. The number of benzene rings is 1. The van der Waals surface area contributed by atoms with Crippen molar-refractivity contribution in [3.8, 4) is 0 Å². The number of rotatable bonds is 1. The van der Waals surface area contributed by atoms with Crippen LogP contribution in [0.15, 0.2) is 34.9 Å². The van der Waals surface area contributed by atoms with Crippen LogP contribution in [-0.2, 0) is 4.79 Å². The van der Waals surface area contributed by atoms with Crippen molar-refractivity contribution < 1.29 is 10.0 Å². The molecule has 1 aliphatic heterocycles. The van der Waals surface area contributed by atoms with Gasteiger partial charge in [0.25, 0.3) is 5.91 Å². The van der Waals surface area contributed by atoms with Crippen LogP contribution in [0.3, 0.4) is 0 Å². The second kappa shape index (κ2) is 2.97. The molecule has 1 amide bonds. The number of nitrogens with zero attached hydrogens (tertiary/aromatic N) is 1. The maximum absolute atomic E-state index is 11.0. The molecule has 2 rings (SSSR count). The van der Waals surface area contributed by atoms with Gasteiger partial charge in [0.05, 0.1) is 11.8 Å². The molecule has 1 N–H and O–H groups in total. The van der Waals surface area contributed by atoms with Crippen LogP contribution in [-0.4, -0.2) is 16.2 Å². The predicted molar refractivity (Wildman–Crippen MR) is 50.8 cm³/mol. The summed E-state index contributed by atoms with van der Waals surface area (Å²) >= 11 is 3.30. The van der Waals surface area contributed by atoms with Crippen LogP contribution in [0.25, 0.3) is 5.57 Å². The van der Waals surface area contributed by atoms with E-state index in [1.165, 1.54) is 6.20 Å². The van der Waals surface area contributed by atoms with Gasteiger partial charge in [-0.05, 0) is 17.7 Å². The Bertz CT molecular complexity index is 383. The summed E-state index contributed by atoms with van der Waals surface area (Å²) in [7, 11) is 0. The molecule has 0 bridgehead atoms. The summed E-state index contributed by atoms with van der Waals surface area (Å²) in [4.78, 5) is 11.0. The van der Waals surface area contributed by atoms with E-state index in [2.05, 4.69) is 15.9 Å². The van der Waals surface area contributed by atoms with Gasteiger partial charge in [-0.3, -0.25) is 10.0 Å². The van der Waals surface area contributed by atoms with E-state index in [4.69, 9.17) is 5.21 Å². The van der Waals surface area contributed by atoms with E-state index in [1.807, 2.05) is 24.3 Å². The minimum atomic E-state index is -0.359. The van der Waals surface area contributed by atoms with Gasteiger partial charge in [0.1, 0.15) is 0 Å². The largest absolute Gasteiger partial charge is 0.283 e. The van der Waals surface area contributed by atoms with Gasteiger partial charge >= 0.3 is 0 Å². The molecule has 0 spiro atoms. The number of hydroxylamine groups is 2. The molecule has 4 heteroatoms. The van der Waals surface area contributed by atoms with Crippen molar-refractivity contribution in [1.82, 2.24) is 5.06 Å². The van der Waals surface area contributed by atoms with Crippen LogP contribution in [0, 0.1) is 0 Å². The molecular formula is C9H6BrNO2. The summed E-state index contributed by atoms with van der Waals surface area (Å²) in [5.41, 5.74) is 1.36. The van der Waals surface area contributed by atoms with Crippen LogP contribution < -0.4 is 0 Å². The molecule has 1 aromatic rings. The molecule has 66 valence electrons. The SMILES string of the molecule is O=C1C(c2ccc(Br)cc2)=CN1O. The van der Waals surface area contributed by atoms with Gasteiger partial charge in [-0.25, -0.2) is 0 Å². The van der Waals surface area contributed by atoms with E-state index < -0.39 is 0 Å². The van der Waals surface area contributed by atoms with Crippen LogP contribution in [0.5, 0.6) is 0 Å². The molecule has 0 atom stereocenters. The Kier molecular flexibility index (Phi) is 1.94. The molecule has 0 radical (unpaired) electrons. The average Bonchev–Trinajstić information content (AvgIpc) is 2.15. The van der Waals surface area contributed by atoms with E-state index in [1.54, 1.807) is 0 Å². The lowest BCUT2D eigenvalue weighted by Gasteiger charge is -2.22. The standard InChI is InChI=1S/C9H6BrNO2/c10-7-3-1-6(2-4-7)8-5-11(13)9(8)12/h1-5,13H. The van der Waals surface area contributed by atoms with Crippen LogP contribution in [0.4, 0.5) is 0 Å². The molecule has 1 aromatic carbocycles. The molecule has 0 fully saturated rings. The molecular weight excluding hydrogens is 234 g/mol. The van der Waals surface area contributed by atoms with Crippen LogP contribution >= 0.6 is 15.9 Å². The quantitative estimate of drug-likeness (QED) is 0.763. The topological polar surface area (TPSA) is 40.5 Å². The third kappa shape index (κ3) is 1.38. The van der Waals surface area contributed by atoms with Crippen molar-refractivity contribution in [3.63, 3.8) is 0 Å². The fraction of sp³-hybridized carbons (Fsp3) is 0. The number of hydrogen-bond donors (Lipinski definition) is 1. The normalized spacial score (nSPS) is 15.4. The Morgan fingerprint density at radius 3 is 2.31 bits per heavy atom. The molecule has 3 nitrogen and oxygen atoms in total. The zero-order valence-corrected chi connectivity index (χ0v) is 8.15. The summed E-state index contributed by atoms with van der Waals surface area (Å²) < 4.78 is 0.962. The van der Waals surface area contributed by atoms with Crippen LogP contribution in [0.2, 0.25) is 0 Å². The van der Waals surface area contributed by atoms with Gasteiger partial charge in [0.2, 0.25) is 0 Å². The maximum Gasteiger partial charge on any atom is 0.283 e. The average molecular weight is 240 g/mol. The second-order valence-electron chi connectivity index (χ2n) is 2.70. The molecule has 1 aliphatic rings. The predicted octanol–water partition coefficient (Wildman–Crippen LogP) is 2.02. The monoisotopic (exact) mass is 239 g/mol. The molecule has 0 aromatic heterocycles. The minimum absolute atomic E-state index is 0.359. The van der Waals surface area contributed by atoms with Crippen LogP contribution in [0.1, 0.15) is 5.56 Å². The highest BCUT2D eigenvalue weighted by Crippen LogP contribution is 2.25. The van der Waals surface area contributed by atoms with E-state index in [0.717, 1.165) is 10.0 Å². The van der Waals surface area contributed by atoms with Gasteiger partial charge < -0.3 is 0 Å². The van der Waals surface area contributed by atoms with Crippen molar-refractivity contribution >= 4 is 27.4 Å². The summed E-state index contributed by atoms with van der Waals surface area (Å²) in [5, 5.41) is 9.38. The Labute approximate surface area is 83.4 Å². The Balaban J connectivity index is 2.34. The Morgan fingerprint density at radius 1 is 1.23 bits per heavy atom. The third-order valence-corrected chi connectivity index (χ3v) is 2.37. The highest BCUT2D eigenvalue weighted by molar-refractivity contribution is 9.10. The van der Waals surface area contributed by atoms with Crippen molar-refractivity contribution in [3.05, 3.63) is 40.5 Å². The number of carbonyl (C=O) groups is 1. The number of hydrogen-bond acceptors (Lipinski definition) is 2. The first-order valence-corrected chi connectivity index (χ1v) is 4.48. The van der Waals surface area contributed by atoms with E-state index in [-0.39, 0.29) is 5.91 Å².